The monoisotopic (exact) mass is 279 g/mol. The number of hydrogen-bond donors (Lipinski definition) is 1. The van der Waals surface area contributed by atoms with Crippen molar-refractivity contribution < 1.29 is 14.6 Å². The number of benzene rings is 1. The second-order valence-corrected chi connectivity index (χ2v) is 6.09. The van der Waals surface area contributed by atoms with E-state index in [0.29, 0.717) is 13.1 Å². The molecule has 0 amide bonds. The number of ether oxygens (including phenoxy) is 1. The first kappa shape index (κ1) is 16.7. The molecular formula is C16H25NO3. The highest BCUT2D eigenvalue weighted by Crippen LogP contribution is 2.10. The van der Waals surface area contributed by atoms with Gasteiger partial charge in [0.2, 0.25) is 0 Å². The molecule has 0 saturated heterocycles. The van der Waals surface area contributed by atoms with Crippen molar-refractivity contribution in [2.45, 2.75) is 45.9 Å². The van der Waals surface area contributed by atoms with Crippen LogP contribution in [0.4, 0.5) is 0 Å². The lowest BCUT2D eigenvalue weighted by molar-refractivity contribution is -0.156. The predicted molar refractivity (Wildman–Crippen MR) is 79.2 cm³/mol. The highest BCUT2D eigenvalue weighted by atomic mass is 16.6. The minimum atomic E-state index is -0.486. The van der Waals surface area contributed by atoms with Crippen LogP contribution in [-0.4, -0.2) is 40.8 Å². The molecule has 1 N–H and O–H groups in total. The average molecular weight is 279 g/mol. The molecule has 1 rings (SSSR count). The van der Waals surface area contributed by atoms with Crippen molar-refractivity contribution in [2.75, 3.05) is 13.1 Å². The molecule has 0 bridgehead atoms. The lowest BCUT2D eigenvalue weighted by atomic mass is 10.2. The van der Waals surface area contributed by atoms with E-state index in [4.69, 9.17) is 4.74 Å². The molecule has 1 atom stereocenters. The smallest absolute Gasteiger partial charge is 0.320 e. The van der Waals surface area contributed by atoms with E-state index in [1.165, 1.54) is 0 Å². The van der Waals surface area contributed by atoms with Crippen LogP contribution in [0.25, 0.3) is 0 Å². The molecule has 0 fully saturated rings. The summed E-state index contributed by atoms with van der Waals surface area (Å²) in [6, 6.07) is 9.89. The van der Waals surface area contributed by atoms with Gasteiger partial charge in [0.15, 0.2) is 0 Å². The summed E-state index contributed by atoms with van der Waals surface area (Å²) >= 11 is 0. The molecule has 0 saturated carbocycles. The number of hydrogen-bond acceptors (Lipinski definition) is 4. The number of aliphatic hydroxyl groups excluding tert-OH is 1. The van der Waals surface area contributed by atoms with Gasteiger partial charge in [0, 0.05) is 13.1 Å². The quantitative estimate of drug-likeness (QED) is 0.811. The molecule has 0 aliphatic rings. The summed E-state index contributed by atoms with van der Waals surface area (Å²) in [5.41, 5.74) is 0.622. The van der Waals surface area contributed by atoms with Gasteiger partial charge < -0.3 is 9.84 Å². The van der Waals surface area contributed by atoms with Crippen LogP contribution in [0.15, 0.2) is 30.3 Å². The molecule has 0 spiro atoms. The van der Waals surface area contributed by atoms with Gasteiger partial charge in [-0.15, -0.1) is 0 Å². The highest BCUT2D eigenvalue weighted by Gasteiger charge is 2.19. The topological polar surface area (TPSA) is 49.8 Å². The number of aliphatic hydroxyl groups is 1. The molecule has 112 valence electrons. The molecule has 0 unspecified atom stereocenters. The van der Waals surface area contributed by atoms with Crippen LogP contribution >= 0.6 is 0 Å². The van der Waals surface area contributed by atoms with Crippen LogP contribution in [0, 0.1) is 0 Å². The normalized spacial score (nSPS) is 13.3. The van der Waals surface area contributed by atoms with Crippen LogP contribution in [0.5, 0.6) is 0 Å². The second-order valence-electron chi connectivity index (χ2n) is 6.09. The predicted octanol–water partition coefficient (Wildman–Crippen LogP) is 2.21. The van der Waals surface area contributed by atoms with Crippen molar-refractivity contribution in [2.24, 2.45) is 0 Å². The standard InChI is InChI=1S/C16H25NO3/c1-13(18)10-17(11-14-8-6-5-7-9-14)12-15(19)20-16(2,3)4/h5-9,13,18H,10-12H2,1-4H3/t13-/m0/s1. The fraction of sp³-hybridized carbons (Fsp3) is 0.562. The van der Waals surface area contributed by atoms with Crippen LogP contribution in [-0.2, 0) is 16.1 Å². The Hall–Kier alpha value is -1.39. The van der Waals surface area contributed by atoms with Crippen LogP contribution in [0.3, 0.4) is 0 Å². The Morgan fingerprint density at radius 3 is 2.40 bits per heavy atom. The zero-order valence-electron chi connectivity index (χ0n) is 12.8. The largest absolute Gasteiger partial charge is 0.459 e. The Morgan fingerprint density at radius 2 is 1.90 bits per heavy atom. The van der Waals surface area contributed by atoms with Crippen LogP contribution < -0.4 is 0 Å². The third kappa shape index (κ3) is 7.26. The molecular weight excluding hydrogens is 254 g/mol. The molecule has 0 radical (unpaired) electrons. The summed E-state index contributed by atoms with van der Waals surface area (Å²) in [6.07, 6.45) is -0.485. The van der Waals surface area contributed by atoms with Gasteiger partial charge in [-0.05, 0) is 33.3 Å². The molecule has 0 heterocycles. The van der Waals surface area contributed by atoms with Crippen molar-refractivity contribution in [1.29, 1.82) is 0 Å². The number of nitrogens with zero attached hydrogens (tertiary/aromatic N) is 1. The van der Waals surface area contributed by atoms with Gasteiger partial charge in [-0.25, -0.2) is 0 Å². The third-order valence-electron chi connectivity index (χ3n) is 2.54. The zero-order chi connectivity index (χ0) is 15.2. The van der Waals surface area contributed by atoms with Crippen LogP contribution in [0.1, 0.15) is 33.3 Å². The number of carbonyl (C=O) groups is 1. The van der Waals surface area contributed by atoms with Gasteiger partial charge in [-0.3, -0.25) is 9.69 Å². The first-order chi connectivity index (χ1) is 9.26. The molecule has 1 aromatic carbocycles. The maximum absolute atomic E-state index is 11.9. The summed E-state index contributed by atoms with van der Waals surface area (Å²) in [5, 5.41) is 9.55. The van der Waals surface area contributed by atoms with E-state index in [1.54, 1.807) is 6.92 Å². The van der Waals surface area contributed by atoms with Crippen molar-refractivity contribution in [3.63, 3.8) is 0 Å². The van der Waals surface area contributed by atoms with Gasteiger partial charge in [0.1, 0.15) is 5.60 Å². The molecule has 1 aromatic rings. The Balaban J connectivity index is 2.63. The summed E-state index contributed by atoms with van der Waals surface area (Å²) in [7, 11) is 0. The maximum atomic E-state index is 11.9. The van der Waals surface area contributed by atoms with E-state index in [2.05, 4.69) is 0 Å². The van der Waals surface area contributed by atoms with Gasteiger partial charge in [-0.2, -0.15) is 0 Å². The van der Waals surface area contributed by atoms with Gasteiger partial charge in [-0.1, -0.05) is 30.3 Å². The van der Waals surface area contributed by atoms with E-state index in [-0.39, 0.29) is 12.5 Å². The van der Waals surface area contributed by atoms with Crippen molar-refractivity contribution >= 4 is 5.97 Å². The van der Waals surface area contributed by atoms with E-state index in [9.17, 15) is 9.90 Å². The molecule has 4 heteroatoms. The SMILES string of the molecule is C[C@H](O)CN(CC(=O)OC(C)(C)C)Cc1ccccc1. The molecule has 20 heavy (non-hydrogen) atoms. The lowest BCUT2D eigenvalue weighted by Crippen LogP contribution is -2.38. The fourth-order valence-corrected chi connectivity index (χ4v) is 1.96. The summed E-state index contributed by atoms with van der Waals surface area (Å²) in [6.45, 7) is 8.49. The number of rotatable bonds is 6. The Morgan fingerprint density at radius 1 is 1.30 bits per heavy atom. The van der Waals surface area contributed by atoms with E-state index >= 15 is 0 Å². The second kappa shape index (κ2) is 7.41. The van der Waals surface area contributed by atoms with Gasteiger partial charge in [0.05, 0.1) is 12.6 Å². The van der Waals surface area contributed by atoms with E-state index in [1.807, 2.05) is 56.0 Å². The van der Waals surface area contributed by atoms with Gasteiger partial charge in [0.25, 0.3) is 0 Å². The highest BCUT2D eigenvalue weighted by molar-refractivity contribution is 5.72. The lowest BCUT2D eigenvalue weighted by Gasteiger charge is -2.25. The third-order valence-corrected chi connectivity index (χ3v) is 2.54. The summed E-state index contributed by atoms with van der Waals surface area (Å²) in [4.78, 5) is 13.8. The van der Waals surface area contributed by atoms with Crippen LogP contribution in [0.2, 0.25) is 0 Å². The van der Waals surface area contributed by atoms with Crippen molar-refractivity contribution in [1.82, 2.24) is 4.90 Å². The van der Waals surface area contributed by atoms with E-state index < -0.39 is 11.7 Å². The number of carbonyl (C=O) groups excluding carboxylic acids is 1. The first-order valence-corrected chi connectivity index (χ1v) is 6.92. The average Bonchev–Trinajstić information content (AvgIpc) is 2.26. The van der Waals surface area contributed by atoms with E-state index in [0.717, 1.165) is 5.56 Å². The Kier molecular flexibility index (Phi) is 6.17. The first-order valence-electron chi connectivity index (χ1n) is 6.92. The van der Waals surface area contributed by atoms with Crippen molar-refractivity contribution in [3.05, 3.63) is 35.9 Å². The fourth-order valence-electron chi connectivity index (χ4n) is 1.96. The minimum absolute atomic E-state index is 0.178. The Bertz CT molecular complexity index is 409. The van der Waals surface area contributed by atoms with Crippen molar-refractivity contribution in [3.8, 4) is 0 Å². The maximum Gasteiger partial charge on any atom is 0.320 e. The molecule has 0 aliphatic heterocycles. The zero-order valence-corrected chi connectivity index (χ0v) is 12.8. The summed E-state index contributed by atoms with van der Waals surface area (Å²) < 4.78 is 5.33. The minimum Gasteiger partial charge on any atom is -0.459 e. The molecule has 0 aliphatic carbocycles. The molecule has 0 aromatic heterocycles. The Labute approximate surface area is 121 Å². The molecule has 4 nitrogen and oxygen atoms in total. The summed E-state index contributed by atoms with van der Waals surface area (Å²) in [5.74, 6) is -0.269. The van der Waals surface area contributed by atoms with Gasteiger partial charge >= 0.3 is 5.97 Å². The number of esters is 1.